The SMILES string of the molecule is COC(=O)Cc1ccc(N=O)cc1C(=O)c1ccc(Cl)cc1. The Labute approximate surface area is 131 Å². The molecule has 0 bridgehead atoms. The molecule has 2 aromatic carbocycles. The van der Waals surface area contributed by atoms with Crippen molar-refractivity contribution >= 4 is 29.0 Å². The summed E-state index contributed by atoms with van der Waals surface area (Å²) >= 11 is 5.80. The van der Waals surface area contributed by atoms with Gasteiger partial charge in [0.2, 0.25) is 0 Å². The molecule has 0 amide bonds. The Morgan fingerprint density at radius 2 is 1.82 bits per heavy atom. The summed E-state index contributed by atoms with van der Waals surface area (Å²) in [5.74, 6) is -0.793. The summed E-state index contributed by atoms with van der Waals surface area (Å²) in [6.07, 6.45) is -0.0652. The van der Waals surface area contributed by atoms with Gasteiger partial charge < -0.3 is 4.74 Å². The predicted molar refractivity (Wildman–Crippen MR) is 82.5 cm³/mol. The highest BCUT2D eigenvalue weighted by atomic mass is 35.5. The van der Waals surface area contributed by atoms with Crippen LogP contribution in [0.3, 0.4) is 0 Å². The molecule has 0 radical (unpaired) electrons. The molecule has 5 nitrogen and oxygen atoms in total. The molecule has 0 atom stereocenters. The van der Waals surface area contributed by atoms with Gasteiger partial charge in [0, 0.05) is 16.1 Å². The minimum Gasteiger partial charge on any atom is -0.469 e. The first-order chi connectivity index (χ1) is 10.5. The summed E-state index contributed by atoms with van der Waals surface area (Å²) in [4.78, 5) is 34.7. The Morgan fingerprint density at radius 3 is 2.41 bits per heavy atom. The summed E-state index contributed by atoms with van der Waals surface area (Å²) in [6, 6.07) is 10.7. The van der Waals surface area contributed by atoms with E-state index in [1.807, 2.05) is 0 Å². The fourth-order valence-corrected chi connectivity index (χ4v) is 2.10. The average molecular weight is 318 g/mol. The number of hydrogen-bond acceptors (Lipinski definition) is 5. The first-order valence-corrected chi connectivity index (χ1v) is 6.76. The quantitative estimate of drug-likeness (QED) is 0.479. The normalized spacial score (nSPS) is 10.1. The number of nitroso groups, excluding NO2 is 1. The zero-order valence-corrected chi connectivity index (χ0v) is 12.5. The highest BCUT2D eigenvalue weighted by molar-refractivity contribution is 6.30. The van der Waals surface area contributed by atoms with Crippen molar-refractivity contribution in [2.24, 2.45) is 5.18 Å². The number of ether oxygens (including phenoxy) is 1. The maximum absolute atomic E-state index is 12.6. The molecular weight excluding hydrogens is 306 g/mol. The number of halogens is 1. The topological polar surface area (TPSA) is 72.8 Å². The Morgan fingerprint density at radius 1 is 1.14 bits per heavy atom. The minimum absolute atomic E-state index is 0.0652. The zero-order chi connectivity index (χ0) is 16.1. The molecule has 2 rings (SSSR count). The fourth-order valence-electron chi connectivity index (χ4n) is 1.97. The van der Waals surface area contributed by atoms with Gasteiger partial charge in [-0.15, -0.1) is 4.91 Å². The number of ketones is 1. The van der Waals surface area contributed by atoms with Crippen LogP contribution in [0.15, 0.2) is 47.6 Å². The number of rotatable bonds is 5. The first kappa shape index (κ1) is 15.9. The lowest BCUT2D eigenvalue weighted by Crippen LogP contribution is -2.11. The molecule has 112 valence electrons. The van der Waals surface area contributed by atoms with E-state index in [-0.39, 0.29) is 23.5 Å². The monoisotopic (exact) mass is 317 g/mol. The molecule has 22 heavy (non-hydrogen) atoms. The second-order valence-electron chi connectivity index (χ2n) is 4.52. The number of carbonyl (C=O) groups excluding carboxylic acids is 2. The van der Waals surface area contributed by atoms with Crippen LogP contribution < -0.4 is 0 Å². The van der Waals surface area contributed by atoms with E-state index in [2.05, 4.69) is 9.91 Å². The molecule has 0 heterocycles. The smallest absolute Gasteiger partial charge is 0.310 e. The molecule has 0 aliphatic rings. The highest BCUT2D eigenvalue weighted by Gasteiger charge is 2.17. The largest absolute Gasteiger partial charge is 0.469 e. The van der Waals surface area contributed by atoms with Crippen LogP contribution >= 0.6 is 11.6 Å². The summed E-state index contributed by atoms with van der Waals surface area (Å²) in [6.45, 7) is 0. The van der Waals surface area contributed by atoms with E-state index in [4.69, 9.17) is 11.6 Å². The summed E-state index contributed by atoms with van der Waals surface area (Å²) < 4.78 is 4.61. The molecule has 0 unspecified atom stereocenters. The van der Waals surface area contributed by atoms with E-state index in [9.17, 15) is 14.5 Å². The number of methoxy groups -OCH3 is 1. The third kappa shape index (κ3) is 3.56. The lowest BCUT2D eigenvalue weighted by atomic mass is 9.96. The Bertz CT molecular complexity index is 725. The maximum atomic E-state index is 12.6. The fraction of sp³-hybridized carbons (Fsp3) is 0.125. The van der Waals surface area contributed by atoms with Crippen molar-refractivity contribution in [2.45, 2.75) is 6.42 Å². The molecule has 0 aromatic heterocycles. The predicted octanol–water partition coefficient (Wildman–Crippen LogP) is 3.68. The van der Waals surface area contributed by atoms with Crippen molar-refractivity contribution in [3.8, 4) is 0 Å². The van der Waals surface area contributed by atoms with Gasteiger partial charge in [-0.05, 0) is 47.1 Å². The minimum atomic E-state index is -0.475. The summed E-state index contributed by atoms with van der Waals surface area (Å²) in [5.41, 5.74) is 1.23. The van der Waals surface area contributed by atoms with Crippen molar-refractivity contribution in [3.05, 3.63) is 69.1 Å². The third-order valence-corrected chi connectivity index (χ3v) is 3.36. The summed E-state index contributed by atoms with van der Waals surface area (Å²) in [7, 11) is 1.27. The lowest BCUT2D eigenvalue weighted by molar-refractivity contribution is -0.139. The molecule has 0 saturated carbocycles. The molecule has 0 saturated heterocycles. The standard InChI is InChI=1S/C16H12ClNO4/c1-22-15(19)8-11-4-7-13(18-21)9-14(11)16(20)10-2-5-12(17)6-3-10/h2-7,9H,8H2,1H3. The second-order valence-corrected chi connectivity index (χ2v) is 4.96. The number of hydrogen-bond donors (Lipinski definition) is 0. The van der Waals surface area contributed by atoms with Crippen molar-refractivity contribution in [2.75, 3.05) is 7.11 Å². The van der Waals surface area contributed by atoms with E-state index in [1.165, 1.54) is 25.3 Å². The van der Waals surface area contributed by atoms with Gasteiger partial charge in [-0.2, -0.15) is 0 Å². The van der Waals surface area contributed by atoms with Gasteiger partial charge in [0.1, 0.15) is 5.69 Å². The number of carbonyl (C=O) groups is 2. The van der Waals surface area contributed by atoms with E-state index in [1.54, 1.807) is 24.3 Å². The van der Waals surface area contributed by atoms with E-state index in [0.717, 1.165) is 0 Å². The van der Waals surface area contributed by atoms with Crippen LogP contribution in [0.2, 0.25) is 5.02 Å². The van der Waals surface area contributed by atoms with E-state index >= 15 is 0 Å². The van der Waals surface area contributed by atoms with Crippen molar-refractivity contribution < 1.29 is 14.3 Å². The molecule has 0 spiro atoms. The van der Waals surface area contributed by atoms with E-state index < -0.39 is 5.97 Å². The van der Waals surface area contributed by atoms with Crippen LogP contribution in [0, 0.1) is 4.91 Å². The van der Waals surface area contributed by atoms with Crippen molar-refractivity contribution in [1.29, 1.82) is 0 Å². The van der Waals surface area contributed by atoms with Gasteiger partial charge in [0.25, 0.3) is 0 Å². The molecule has 0 N–H and O–H groups in total. The Hall–Kier alpha value is -2.53. The second kappa shape index (κ2) is 6.95. The van der Waals surface area contributed by atoms with Gasteiger partial charge in [0.05, 0.1) is 13.5 Å². The highest BCUT2D eigenvalue weighted by Crippen LogP contribution is 2.23. The van der Waals surface area contributed by atoms with Crippen LogP contribution in [-0.4, -0.2) is 18.9 Å². The maximum Gasteiger partial charge on any atom is 0.310 e. The average Bonchev–Trinajstić information content (AvgIpc) is 2.55. The van der Waals surface area contributed by atoms with Gasteiger partial charge in [-0.3, -0.25) is 9.59 Å². The van der Waals surface area contributed by atoms with Gasteiger partial charge in [-0.1, -0.05) is 17.7 Å². The van der Waals surface area contributed by atoms with Crippen LogP contribution in [0.4, 0.5) is 5.69 Å². The number of benzene rings is 2. The number of nitrogens with zero attached hydrogens (tertiary/aromatic N) is 1. The van der Waals surface area contributed by atoms with Gasteiger partial charge in [-0.25, -0.2) is 0 Å². The first-order valence-electron chi connectivity index (χ1n) is 6.38. The van der Waals surface area contributed by atoms with Crippen molar-refractivity contribution in [1.82, 2.24) is 0 Å². The number of esters is 1. The van der Waals surface area contributed by atoms with Gasteiger partial charge in [0.15, 0.2) is 5.78 Å². The third-order valence-electron chi connectivity index (χ3n) is 3.11. The van der Waals surface area contributed by atoms with Crippen molar-refractivity contribution in [3.63, 3.8) is 0 Å². The Kier molecular flexibility index (Phi) is 5.01. The van der Waals surface area contributed by atoms with Crippen LogP contribution in [0.25, 0.3) is 0 Å². The lowest BCUT2D eigenvalue weighted by Gasteiger charge is -2.09. The molecule has 0 aliphatic heterocycles. The molecular formula is C16H12ClNO4. The summed E-state index contributed by atoms with van der Waals surface area (Å²) in [5, 5.41) is 3.33. The van der Waals surface area contributed by atoms with Crippen LogP contribution in [-0.2, 0) is 16.0 Å². The van der Waals surface area contributed by atoms with Gasteiger partial charge >= 0.3 is 5.97 Å². The van der Waals surface area contributed by atoms with E-state index in [0.29, 0.717) is 16.1 Å². The van der Waals surface area contributed by atoms with Crippen LogP contribution in [0.5, 0.6) is 0 Å². The van der Waals surface area contributed by atoms with Crippen LogP contribution in [0.1, 0.15) is 21.5 Å². The molecule has 2 aromatic rings. The zero-order valence-electron chi connectivity index (χ0n) is 11.7. The molecule has 0 fully saturated rings. The molecule has 6 heteroatoms. The Balaban J connectivity index is 2.45. The molecule has 0 aliphatic carbocycles.